The molecule has 2 aromatic heterocycles. The molecule has 0 aliphatic heterocycles. The van der Waals surface area contributed by atoms with Gasteiger partial charge in [-0.3, -0.25) is 0 Å². The van der Waals surface area contributed by atoms with Crippen LogP contribution < -0.4 is 0 Å². The Kier molecular flexibility index (Phi) is 4.91. The number of furan rings is 1. The van der Waals surface area contributed by atoms with Crippen LogP contribution in [0.5, 0.6) is 0 Å². The lowest BCUT2D eigenvalue weighted by atomic mass is 9.99. The highest BCUT2D eigenvalue weighted by Gasteiger charge is 2.15. The fourth-order valence-electron chi connectivity index (χ4n) is 5.26. The molecule has 2 heterocycles. The zero-order valence-electron chi connectivity index (χ0n) is 27.8. The summed E-state index contributed by atoms with van der Waals surface area (Å²) in [6.45, 7) is 0. The fraction of sp³-hybridized carbons (Fsp3) is 0. The Hall–Kier alpha value is -5.87. The van der Waals surface area contributed by atoms with E-state index in [0.717, 1.165) is 44.2 Å². The zero-order chi connectivity index (χ0) is 32.9. The SMILES string of the molecule is [2H]c1c([2H])c([2H])c(-c2ccc(-c3ccc4c(c3)oc3cc(-c5nc(-c6ccccc6)nc(-c6ccccc6)n5)ccc34)cc2)c([2H])c1[2H]. The number of hydrogen-bond donors (Lipinski definition) is 0. The van der Waals surface area contributed by atoms with Crippen LogP contribution >= 0.6 is 0 Å². The van der Waals surface area contributed by atoms with Crippen LogP contribution in [0.1, 0.15) is 6.85 Å². The van der Waals surface area contributed by atoms with Crippen molar-refractivity contribution in [3.8, 4) is 56.4 Å². The van der Waals surface area contributed by atoms with Gasteiger partial charge in [-0.05, 0) is 46.5 Å². The minimum atomic E-state index is -0.404. The molecule has 0 aliphatic carbocycles. The lowest BCUT2D eigenvalue weighted by Gasteiger charge is -2.08. The second kappa shape index (κ2) is 10.5. The summed E-state index contributed by atoms with van der Waals surface area (Å²) >= 11 is 0. The summed E-state index contributed by atoms with van der Waals surface area (Å²) < 4.78 is 46.9. The average molecular weight is 557 g/mol. The number of rotatable bonds is 5. The van der Waals surface area contributed by atoms with Gasteiger partial charge in [-0.15, -0.1) is 0 Å². The summed E-state index contributed by atoms with van der Waals surface area (Å²) in [7, 11) is 0. The number of nitrogens with zero attached hydrogens (tertiary/aromatic N) is 3. The summed E-state index contributed by atoms with van der Waals surface area (Å²) in [5.41, 5.74) is 6.60. The number of fused-ring (bicyclic) bond motifs is 3. The predicted octanol–water partition coefficient (Wildman–Crippen LogP) is 10.1. The average Bonchev–Trinajstić information content (AvgIpc) is 3.51. The quantitative estimate of drug-likeness (QED) is 0.212. The minimum absolute atomic E-state index is 0.182. The monoisotopic (exact) mass is 556 g/mol. The molecule has 4 nitrogen and oxygen atoms in total. The number of benzene rings is 6. The third-order valence-corrected chi connectivity index (χ3v) is 7.44. The molecular formula is C39H25N3O. The Labute approximate surface area is 256 Å². The molecule has 202 valence electrons. The Balaban J connectivity index is 1.17. The van der Waals surface area contributed by atoms with Crippen LogP contribution in [0.3, 0.4) is 0 Å². The molecule has 0 N–H and O–H groups in total. The summed E-state index contributed by atoms with van der Waals surface area (Å²) in [4.78, 5) is 14.5. The zero-order valence-corrected chi connectivity index (χ0v) is 22.8. The normalized spacial score (nSPS) is 12.9. The molecule has 0 aliphatic rings. The fourth-order valence-corrected chi connectivity index (χ4v) is 5.26. The first-order valence-electron chi connectivity index (χ1n) is 16.4. The molecular weight excluding hydrogens is 526 g/mol. The molecule has 6 aromatic carbocycles. The summed E-state index contributed by atoms with van der Waals surface area (Å²) in [5.74, 6) is 1.72. The molecule has 0 fully saturated rings. The van der Waals surface area contributed by atoms with Gasteiger partial charge in [0.25, 0.3) is 0 Å². The molecule has 4 heteroatoms. The van der Waals surface area contributed by atoms with E-state index in [9.17, 15) is 0 Å². The maximum absolute atomic E-state index is 8.31. The van der Waals surface area contributed by atoms with Crippen molar-refractivity contribution >= 4 is 21.9 Å². The van der Waals surface area contributed by atoms with Crippen molar-refractivity contribution in [3.63, 3.8) is 0 Å². The third kappa shape index (κ3) is 4.75. The van der Waals surface area contributed by atoms with Gasteiger partial charge in [-0.1, -0.05) is 127 Å². The van der Waals surface area contributed by atoms with Gasteiger partial charge < -0.3 is 4.42 Å². The van der Waals surface area contributed by atoms with Crippen molar-refractivity contribution < 1.29 is 11.3 Å². The Bertz CT molecular complexity index is 2410. The van der Waals surface area contributed by atoms with E-state index in [1.165, 1.54) is 0 Å². The van der Waals surface area contributed by atoms with Gasteiger partial charge in [-0.25, -0.2) is 15.0 Å². The van der Waals surface area contributed by atoms with Crippen molar-refractivity contribution in [2.24, 2.45) is 0 Å². The highest BCUT2D eigenvalue weighted by Crippen LogP contribution is 2.35. The second-order valence-corrected chi connectivity index (χ2v) is 10.1. The van der Waals surface area contributed by atoms with Crippen LogP contribution in [0, 0.1) is 0 Å². The topological polar surface area (TPSA) is 51.8 Å². The minimum Gasteiger partial charge on any atom is -0.456 e. The molecule has 0 amide bonds. The van der Waals surface area contributed by atoms with E-state index in [1.54, 1.807) is 12.1 Å². The molecule has 0 saturated carbocycles. The summed E-state index contributed by atoms with van der Waals surface area (Å²) in [6, 6.07) is 37.5. The van der Waals surface area contributed by atoms with Gasteiger partial charge in [0.1, 0.15) is 11.2 Å². The highest BCUT2D eigenvalue weighted by atomic mass is 16.3. The van der Waals surface area contributed by atoms with Crippen molar-refractivity contribution in [3.05, 3.63) is 152 Å². The lowest BCUT2D eigenvalue weighted by molar-refractivity contribution is 0.669. The van der Waals surface area contributed by atoms with Gasteiger partial charge in [0, 0.05) is 27.5 Å². The number of aromatic nitrogens is 3. The van der Waals surface area contributed by atoms with E-state index in [2.05, 4.69) is 0 Å². The van der Waals surface area contributed by atoms with E-state index in [-0.39, 0.29) is 29.7 Å². The van der Waals surface area contributed by atoms with E-state index < -0.39 is 6.04 Å². The van der Waals surface area contributed by atoms with Gasteiger partial charge in [-0.2, -0.15) is 0 Å². The van der Waals surface area contributed by atoms with E-state index in [0.29, 0.717) is 28.6 Å². The Morgan fingerprint density at radius 1 is 0.395 bits per heavy atom. The molecule has 0 bridgehead atoms. The van der Waals surface area contributed by atoms with Crippen molar-refractivity contribution in [2.45, 2.75) is 0 Å². The molecule has 8 aromatic rings. The van der Waals surface area contributed by atoms with E-state index in [1.807, 2.05) is 109 Å². The largest absolute Gasteiger partial charge is 0.456 e. The van der Waals surface area contributed by atoms with Gasteiger partial charge in [0.05, 0.1) is 6.85 Å². The smallest absolute Gasteiger partial charge is 0.164 e. The van der Waals surface area contributed by atoms with Gasteiger partial charge in [0.15, 0.2) is 17.5 Å². The second-order valence-electron chi connectivity index (χ2n) is 10.1. The Morgan fingerprint density at radius 2 is 0.837 bits per heavy atom. The first kappa shape index (κ1) is 20.1. The first-order valence-corrected chi connectivity index (χ1v) is 13.9. The molecule has 0 radical (unpaired) electrons. The van der Waals surface area contributed by atoms with Crippen LogP contribution in [0.15, 0.2) is 156 Å². The first-order chi connectivity index (χ1) is 23.4. The maximum atomic E-state index is 8.31. The molecule has 0 spiro atoms. The van der Waals surface area contributed by atoms with Crippen LogP contribution in [-0.2, 0) is 0 Å². The summed E-state index contributed by atoms with van der Waals surface area (Å²) in [5, 5.41) is 1.94. The van der Waals surface area contributed by atoms with Crippen molar-refractivity contribution in [2.75, 3.05) is 0 Å². The van der Waals surface area contributed by atoms with Crippen LogP contribution in [0.25, 0.3) is 78.4 Å². The molecule has 8 rings (SSSR count). The predicted molar refractivity (Wildman–Crippen MR) is 174 cm³/mol. The molecule has 0 atom stereocenters. The standard InChI is InChI=1S/C39H25N3O/c1-4-10-26(11-5-1)27-16-18-28(19-17-27)31-20-22-33-34-23-21-32(25-36(34)43-35(33)24-31)39-41-37(29-12-6-2-7-13-29)40-38(42-39)30-14-8-3-9-15-30/h1-25H/i1D,4D,5D,10D,11D. The molecule has 43 heavy (non-hydrogen) atoms. The Morgan fingerprint density at radius 3 is 1.40 bits per heavy atom. The molecule has 0 unspecified atom stereocenters. The van der Waals surface area contributed by atoms with Crippen LogP contribution in [0.4, 0.5) is 0 Å². The van der Waals surface area contributed by atoms with Crippen LogP contribution in [0.2, 0.25) is 0 Å². The van der Waals surface area contributed by atoms with Gasteiger partial charge in [0.2, 0.25) is 0 Å². The van der Waals surface area contributed by atoms with Gasteiger partial charge >= 0.3 is 0 Å². The lowest BCUT2D eigenvalue weighted by Crippen LogP contribution is -2.00. The maximum Gasteiger partial charge on any atom is 0.164 e. The number of hydrogen-bond acceptors (Lipinski definition) is 4. The van der Waals surface area contributed by atoms with E-state index in [4.69, 9.17) is 26.2 Å². The molecule has 0 saturated heterocycles. The summed E-state index contributed by atoms with van der Waals surface area (Å²) in [6.07, 6.45) is 0. The third-order valence-electron chi connectivity index (χ3n) is 7.44. The van der Waals surface area contributed by atoms with Crippen molar-refractivity contribution in [1.29, 1.82) is 0 Å². The van der Waals surface area contributed by atoms with Crippen molar-refractivity contribution in [1.82, 2.24) is 15.0 Å². The van der Waals surface area contributed by atoms with Crippen LogP contribution in [-0.4, -0.2) is 15.0 Å². The van der Waals surface area contributed by atoms with E-state index >= 15 is 0 Å². The highest BCUT2D eigenvalue weighted by molar-refractivity contribution is 6.06.